The van der Waals surface area contributed by atoms with E-state index in [0.717, 1.165) is 13.1 Å². The molecule has 0 spiro atoms. The first-order valence-electron chi connectivity index (χ1n) is 4.62. The summed E-state index contributed by atoms with van der Waals surface area (Å²) in [5, 5.41) is 13.4. The maximum absolute atomic E-state index is 9.49. The lowest BCUT2D eigenvalue weighted by Gasteiger charge is -2.17. The van der Waals surface area contributed by atoms with Crippen molar-refractivity contribution >= 4 is 11.8 Å². The van der Waals surface area contributed by atoms with Crippen molar-refractivity contribution in [3.63, 3.8) is 0 Å². The molecular weight excluding hydrogens is 184 g/mol. The molecular formula is C9H22N2OS. The quantitative estimate of drug-likeness (QED) is 0.626. The van der Waals surface area contributed by atoms with Crippen LogP contribution in [0.4, 0.5) is 0 Å². The van der Waals surface area contributed by atoms with E-state index >= 15 is 0 Å². The molecule has 0 fully saturated rings. The van der Waals surface area contributed by atoms with Crippen molar-refractivity contribution in [2.45, 2.75) is 18.3 Å². The highest BCUT2D eigenvalue weighted by Gasteiger charge is 2.05. The van der Waals surface area contributed by atoms with Crippen LogP contribution >= 0.6 is 11.8 Å². The number of thioether (sulfide) groups is 1. The van der Waals surface area contributed by atoms with Crippen molar-refractivity contribution in [2.24, 2.45) is 0 Å². The fourth-order valence-electron chi connectivity index (χ4n) is 1.02. The molecule has 0 aliphatic carbocycles. The van der Waals surface area contributed by atoms with Crippen LogP contribution in [0.15, 0.2) is 0 Å². The summed E-state index contributed by atoms with van der Waals surface area (Å²) < 4.78 is 0. The van der Waals surface area contributed by atoms with Gasteiger partial charge in [-0.2, -0.15) is 11.8 Å². The number of hydrogen-bond donors (Lipinski definition) is 2. The average molecular weight is 206 g/mol. The summed E-state index contributed by atoms with van der Waals surface area (Å²) in [6.45, 7) is 4.55. The molecule has 0 bridgehead atoms. The van der Waals surface area contributed by atoms with E-state index in [1.807, 2.05) is 30.8 Å². The van der Waals surface area contributed by atoms with Gasteiger partial charge in [0, 0.05) is 24.9 Å². The Morgan fingerprint density at radius 3 is 2.46 bits per heavy atom. The van der Waals surface area contributed by atoms with Gasteiger partial charge in [0.1, 0.15) is 0 Å². The molecule has 0 aliphatic rings. The monoisotopic (exact) mass is 206 g/mol. The Morgan fingerprint density at radius 2 is 2.00 bits per heavy atom. The van der Waals surface area contributed by atoms with Gasteiger partial charge in [-0.3, -0.25) is 0 Å². The first-order valence-corrected chi connectivity index (χ1v) is 5.91. The third-order valence-electron chi connectivity index (χ3n) is 1.79. The number of rotatable bonds is 7. The van der Waals surface area contributed by atoms with Gasteiger partial charge >= 0.3 is 0 Å². The summed E-state index contributed by atoms with van der Waals surface area (Å²) in [6.07, 6.45) is 1.84. The van der Waals surface area contributed by atoms with Crippen LogP contribution in [0.3, 0.4) is 0 Å². The molecule has 0 heterocycles. The Morgan fingerprint density at radius 1 is 1.38 bits per heavy atom. The Kier molecular flexibility index (Phi) is 7.75. The molecule has 80 valence electrons. The van der Waals surface area contributed by atoms with Crippen LogP contribution < -0.4 is 5.32 Å². The fraction of sp³-hybridized carbons (Fsp3) is 1.00. The standard InChI is InChI=1S/C9H22N2OS/c1-8(13-4)5-10-6-9(12)7-11(2)3/h8-10,12H,5-7H2,1-4H3. The van der Waals surface area contributed by atoms with Crippen LogP contribution in [0.1, 0.15) is 6.92 Å². The van der Waals surface area contributed by atoms with E-state index in [0.29, 0.717) is 11.8 Å². The second kappa shape index (κ2) is 7.62. The van der Waals surface area contributed by atoms with E-state index in [1.54, 1.807) is 0 Å². The number of likely N-dealkylation sites (N-methyl/N-ethyl adjacent to an activating group) is 1. The number of nitrogens with zero attached hydrogens (tertiary/aromatic N) is 1. The molecule has 4 heteroatoms. The van der Waals surface area contributed by atoms with Gasteiger partial charge < -0.3 is 15.3 Å². The van der Waals surface area contributed by atoms with Crippen molar-refractivity contribution in [1.29, 1.82) is 0 Å². The highest BCUT2D eigenvalue weighted by atomic mass is 32.2. The summed E-state index contributed by atoms with van der Waals surface area (Å²) in [6, 6.07) is 0. The number of hydrogen-bond acceptors (Lipinski definition) is 4. The number of nitrogens with one attached hydrogen (secondary N) is 1. The molecule has 2 unspecified atom stereocenters. The molecule has 0 radical (unpaired) electrons. The maximum atomic E-state index is 9.49. The fourth-order valence-corrected chi connectivity index (χ4v) is 1.31. The molecule has 2 atom stereocenters. The van der Waals surface area contributed by atoms with Gasteiger partial charge in [-0.15, -0.1) is 0 Å². The summed E-state index contributed by atoms with van der Waals surface area (Å²) in [5.74, 6) is 0. The zero-order valence-electron chi connectivity index (χ0n) is 9.08. The first-order chi connectivity index (χ1) is 6.06. The SMILES string of the molecule is CSC(C)CNCC(O)CN(C)C. The largest absolute Gasteiger partial charge is 0.390 e. The van der Waals surface area contributed by atoms with Crippen molar-refractivity contribution in [2.75, 3.05) is 40.0 Å². The smallest absolute Gasteiger partial charge is 0.0791 e. The summed E-state index contributed by atoms with van der Waals surface area (Å²) in [5.41, 5.74) is 0. The second-order valence-electron chi connectivity index (χ2n) is 3.62. The third kappa shape index (κ3) is 8.56. The Balaban J connectivity index is 3.31. The van der Waals surface area contributed by atoms with E-state index in [-0.39, 0.29) is 6.10 Å². The molecule has 0 aromatic heterocycles. The first kappa shape index (κ1) is 13.2. The highest BCUT2D eigenvalue weighted by Crippen LogP contribution is 2.02. The normalized spacial score (nSPS) is 16.2. The molecule has 0 rings (SSSR count). The van der Waals surface area contributed by atoms with Gasteiger partial charge in [0.15, 0.2) is 0 Å². The van der Waals surface area contributed by atoms with Gasteiger partial charge in [-0.25, -0.2) is 0 Å². The Labute approximate surface area is 85.9 Å². The summed E-state index contributed by atoms with van der Waals surface area (Å²) >= 11 is 1.84. The van der Waals surface area contributed by atoms with Crippen LogP contribution in [0.25, 0.3) is 0 Å². The third-order valence-corrected chi connectivity index (χ3v) is 2.76. The maximum Gasteiger partial charge on any atom is 0.0791 e. The predicted octanol–water partition coefficient (Wildman–Crippen LogP) is 0.250. The zero-order chi connectivity index (χ0) is 10.3. The summed E-state index contributed by atoms with van der Waals surface area (Å²) in [4.78, 5) is 1.99. The van der Waals surface area contributed by atoms with Gasteiger partial charge in [0.2, 0.25) is 0 Å². The zero-order valence-corrected chi connectivity index (χ0v) is 9.90. The lowest BCUT2D eigenvalue weighted by Crippen LogP contribution is -2.36. The average Bonchev–Trinajstić information content (AvgIpc) is 2.02. The molecule has 0 saturated carbocycles. The minimum Gasteiger partial charge on any atom is -0.390 e. The van der Waals surface area contributed by atoms with Crippen LogP contribution in [0.2, 0.25) is 0 Å². The van der Waals surface area contributed by atoms with Gasteiger partial charge in [-0.05, 0) is 20.4 Å². The molecule has 0 aromatic carbocycles. The molecule has 0 aliphatic heterocycles. The Bertz CT molecular complexity index is 122. The Hall–Kier alpha value is 0.230. The van der Waals surface area contributed by atoms with E-state index < -0.39 is 0 Å². The van der Waals surface area contributed by atoms with Gasteiger partial charge in [0.25, 0.3) is 0 Å². The lowest BCUT2D eigenvalue weighted by molar-refractivity contribution is 0.135. The van der Waals surface area contributed by atoms with E-state index in [1.165, 1.54) is 0 Å². The van der Waals surface area contributed by atoms with Gasteiger partial charge in [0.05, 0.1) is 6.10 Å². The van der Waals surface area contributed by atoms with Crippen molar-refractivity contribution < 1.29 is 5.11 Å². The minimum atomic E-state index is -0.260. The highest BCUT2D eigenvalue weighted by molar-refractivity contribution is 7.99. The molecule has 2 N–H and O–H groups in total. The predicted molar refractivity (Wildman–Crippen MR) is 60.4 cm³/mol. The van der Waals surface area contributed by atoms with Crippen molar-refractivity contribution in [1.82, 2.24) is 10.2 Å². The molecule has 13 heavy (non-hydrogen) atoms. The van der Waals surface area contributed by atoms with Crippen LogP contribution in [-0.2, 0) is 0 Å². The van der Waals surface area contributed by atoms with Crippen LogP contribution in [0, 0.1) is 0 Å². The topological polar surface area (TPSA) is 35.5 Å². The molecule has 0 aromatic rings. The van der Waals surface area contributed by atoms with Crippen molar-refractivity contribution in [3.8, 4) is 0 Å². The molecule has 0 saturated heterocycles. The van der Waals surface area contributed by atoms with Crippen molar-refractivity contribution in [3.05, 3.63) is 0 Å². The second-order valence-corrected chi connectivity index (χ2v) is 4.90. The summed E-state index contributed by atoms with van der Waals surface area (Å²) in [7, 11) is 3.93. The molecule has 0 amide bonds. The minimum absolute atomic E-state index is 0.260. The van der Waals surface area contributed by atoms with E-state index in [4.69, 9.17) is 0 Å². The van der Waals surface area contributed by atoms with E-state index in [2.05, 4.69) is 18.5 Å². The molecule has 3 nitrogen and oxygen atoms in total. The van der Waals surface area contributed by atoms with Crippen LogP contribution in [0.5, 0.6) is 0 Å². The van der Waals surface area contributed by atoms with Gasteiger partial charge in [-0.1, -0.05) is 6.92 Å². The lowest BCUT2D eigenvalue weighted by atomic mass is 10.3. The number of aliphatic hydroxyl groups is 1. The number of aliphatic hydroxyl groups excluding tert-OH is 1. The van der Waals surface area contributed by atoms with E-state index in [9.17, 15) is 5.11 Å². The van der Waals surface area contributed by atoms with Crippen LogP contribution in [-0.4, -0.2) is 61.3 Å².